The number of carbonyl (C=O) groups is 1. The summed E-state index contributed by atoms with van der Waals surface area (Å²) in [5.41, 5.74) is 0.202. The van der Waals surface area contributed by atoms with Gasteiger partial charge in [0.05, 0.1) is 24.7 Å². The average molecular weight is 200 g/mol. The number of hydrogen-bond donors (Lipinski definition) is 2. The number of hydrogen-bond acceptors (Lipinski definition) is 4. The third-order valence-electron chi connectivity index (χ3n) is 1.28. The average Bonchev–Trinajstić information content (AvgIpc) is 2.15. The molecule has 14 heavy (non-hydrogen) atoms. The van der Waals surface area contributed by atoms with E-state index in [1.807, 2.05) is 0 Å². The van der Waals surface area contributed by atoms with Gasteiger partial charge in [-0.3, -0.25) is 10.3 Å². The summed E-state index contributed by atoms with van der Waals surface area (Å²) in [5, 5.41) is 10.6. The van der Waals surface area contributed by atoms with E-state index in [1.165, 1.54) is 6.20 Å². The maximum Gasteiger partial charge on any atom is 0.411 e. The first-order valence-corrected chi connectivity index (χ1v) is 3.87. The molecule has 1 heterocycles. The maximum absolute atomic E-state index is 12.6. The van der Waals surface area contributed by atoms with Crippen LogP contribution in [0.1, 0.15) is 0 Å². The molecule has 1 aromatic rings. The Labute approximate surface area is 79.5 Å². The Morgan fingerprint density at radius 3 is 3.07 bits per heavy atom. The molecule has 0 radical (unpaired) electrons. The van der Waals surface area contributed by atoms with Crippen LogP contribution in [0.5, 0.6) is 0 Å². The molecule has 0 fully saturated rings. The topological polar surface area (TPSA) is 71.5 Å². The van der Waals surface area contributed by atoms with Gasteiger partial charge in [-0.05, 0) is 0 Å². The van der Waals surface area contributed by atoms with Crippen LogP contribution < -0.4 is 5.32 Å². The van der Waals surface area contributed by atoms with E-state index < -0.39 is 11.9 Å². The van der Waals surface area contributed by atoms with E-state index in [1.54, 1.807) is 0 Å². The van der Waals surface area contributed by atoms with Crippen molar-refractivity contribution in [1.82, 2.24) is 4.98 Å². The first-order valence-electron chi connectivity index (χ1n) is 3.87. The number of aliphatic hydroxyl groups excluding tert-OH is 1. The summed E-state index contributed by atoms with van der Waals surface area (Å²) in [4.78, 5) is 14.4. The highest BCUT2D eigenvalue weighted by Gasteiger charge is 2.03. The zero-order valence-electron chi connectivity index (χ0n) is 7.24. The molecule has 76 valence electrons. The van der Waals surface area contributed by atoms with Crippen molar-refractivity contribution < 1.29 is 19.0 Å². The third kappa shape index (κ3) is 3.36. The number of nitrogens with one attached hydrogen (secondary N) is 1. The SMILES string of the molecule is O=C(Nc1cncc(F)c1)OCCO. The molecule has 6 heteroatoms. The van der Waals surface area contributed by atoms with E-state index in [0.29, 0.717) is 0 Å². The van der Waals surface area contributed by atoms with Gasteiger partial charge in [-0.25, -0.2) is 9.18 Å². The van der Waals surface area contributed by atoms with Gasteiger partial charge in [0.2, 0.25) is 0 Å². The van der Waals surface area contributed by atoms with Crippen LogP contribution >= 0.6 is 0 Å². The molecule has 0 saturated heterocycles. The summed E-state index contributed by atoms with van der Waals surface area (Å²) in [6, 6.07) is 1.10. The Morgan fingerprint density at radius 1 is 1.64 bits per heavy atom. The number of amides is 1. The zero-order valence-corrected chi connectivity index (χ0v) is 7.24. The standard InChI is InChI=1S/C8H9FN2O3/c9-6-3-7(5-10-4-6)11-8(13)14-2-1-12/h3-5,12H,1-2H2,(H,11,13). The number of aromatic nitrogens is 1. The van der Waals surface area contributed by atoms with Crippen LogP contribution in [0.15, 0.2) is 18.5 Å². The van der Waals surface area contributed by atoms with E-state index >= 15 is 0 Å². The van der Waals surface area contributed by atoms with Gasteiger partial charge in [-0.15, -0.1) is 0 Å². The quantitative estimate of drug-likeness (QED) is 0.755. The number of rotatable bonds is 3. The summed E-state index contributed by atoms with van der Waals surface area (Å²) in [7, 11) is 0. The summed E-state index contributed by atoms with van der Waals surface area (Å²) >= 11 is 0. The van der Waals surface area contributed by atoms with Crippen LogP contribution in [-0.2, 0) is 4.74 Å². The molecule has 0 unspecified atom stereocenters. The van der Waals surface area contributed by atoms with Crippen LogP contribution in [-0.4, -0.2) is 29.4 Å². The van der Waals surface area contributed by atoms with Crippen molar-refractivity contribution in [1.29, 1.82) is 0 Å². The van der Waals surface area contributed by atoms with Gasteiger partial charge in [0.15, 0.2) is 0 Å². The van der Waals surface area contributed by atoms with Crippen molar-refractivity contribution in [3.8, 4) is 0 Å². The fraction of sp³-hybridized carbons (Fsp3) is 0.250. The second-order valence-corrected chi connectivity index (χ2v) is 2.38. The lowest BCUT2D eigenvalue weighted by atomic mass is 10.4. The monoisotopic (exact) mass is 200 g/mol. The molecular formula is C8H9FN2O3. The van der Waals surface area contributed by atoms with Crippen molar-refractivity contribution in [3.05, 3.63) is 24.3 Å². The predicted molar refractivity (Wildman–Crippen MR) is 46.3 cm³/mol. The zero-order chi connectivity index (χ0) is 10.4. The highest BCUT2D eigenvalue weighted by atomic mass is 19.1. The fourth-order valence-electron chi connectivity index (χ4n) is 0.772. The number of carbonyl (C=O) groups excluding carboxylic acids is 1. The van der Waals surface area contributed by atoms with E-state index in [9.17, 15) is 9.18 Å². The molecule has 5 nitrogen and oxygen atoms in total. The van der Waals surface area contributed by atoms with Gasteiger partial charge in [0.1, 0.15) is 12.4 Å². The van der Waals surface area contributed by atoms with Crippen molar-refractivity contribution in [2.24, 2.45) is 0 Å². The first kappa shape index (κ1) is 10.4. The highest BCUT2D eigenvalue weighted by Crippen LogP contribution is 2.06. The summed E-state index contributed by atoms with van der Waals surface area (Å²) in [5.74, 6) is -0.551. The molecular weight excluding hydrogens is 191 g/mol. The van der Waals surface area contributed by atoms with Gasteiger partial charge in [0.25, 0.3) is 0 Å². The normalized spacial score (nSPS) is 9.57. The van der Waals surface area contributed by atoms with E-state index in [0.717, 1.165) is 12.3 Å². The minimum atomic E-state index is -0.758. The van der Waals surface area contributed by atoms with Crippen LogP contribution in [0, 0.1) is 5.82 Å². The van der Waals surface area contributed by atoms with E-state index in [-0.39, 0.29) is 18.9 Å². The van der Waals surface area contributed by atoms with Gasteiger partial charge >= 0.3 is 6.09 Å². The summed E-state index contributed by atoms with van der Waals surface area (Å²) in [6.45, 7) is -0.358. The second kappa shape index (κ2) is 5.13. The maximum atomic E-state index is 12.6. The molecule has 1 amide bonds. The number of pyridine rings is 1. The largest absolute Gasteiger partial charge is 0.447 e. The van der Waals surface area contributed by atoms with Crippen LogP contribution in [0.4, 0.5) is 14.9 Å². The number of nitrogens with zero attached hydrogens (tertiary/aromatic N) is 1. The summed E-state index contributed by atoms with van der Waals surface area (Å²) < 4.78 is 17.1. The lowest BCUT2D eigenvalue weighted by Gasteiger charge is -2.04. The molecule has 1 aromatic heterocycles. The molecule has 0 saturated carbocycles. The predicted octanol–water partition coefficient (Wildman–Crippen LogP) is 0.761. The van der Waals surface area contributed by atoms with E-state index in [2.05, 4.69) is 15.0 Å². The lowest BCUT2D eigenvalue weighted by molar-refractivity contribution is 0.131. The van der Waals surface area contributed by atoms with Crippen molar-refractivity contribution >= 4 is 11.8 Å². The Bertz CT molecular complexity index is 319. The Hall–Kier alpha value is -1.69. The van der Waals surface area contributed by atoms with Gasteiger partial charge in [-0.1, -0.05) is 0 Å². The second-order valence-electron chi connectivity index (χ2n) is 2.38. The van der Waals surface area contributed by atoms with E-state index in [4.69, 9.17) is 5.11 Å². The summed E-state index contributed by atoms with van der Waals surface area (Å²) in [6.07, 6.45) is 1.54. The number of aliphatic hydroxyl groups is 1. The Morgan fingerprint density at radius 2 is 2.43 bits per heavy atom. The highest BCUT2D eigenvalue weighted by molar-refractivity contribution is 5.84. The van der Waals surface area contributed by atoms with Crippen molar-refractivity contribution in [3.63, 3.8) is 0 Å². The lowest BCUT2D eigenvalue weighted by Crippen LogP contribution is -2.15. The molecule has 0 atom stereocenters. The molecule has 0 aliphatic carbocycles. The molecule has 2 N–H and O–H groups in total. The molecule has 1 rings (SSSR count). The minimum Gasteiger partial charge on any atom is -0.447 e. The molecule has 0 aliphatic heterocycles. The Balaban J connectivity index is 2.47. The molecule has 0 bridgehead atoms. The number of anilines is 1. The first-order chi connectivity index (χ1) is 6.72. The molecule has 0 aliphatic rings. The minimum absolute atomic E-state index is 0.103. The van der Waals surface area contributed by atoms with Crippen LogP contribution in [0.2, 0.25) is 0 Å². The van der Waals surface area contributed by atoms with Crippen LogP contribution in [0.3, 0.4) is 0 Å². The fourth-order valence-corrected chi connectivity index (χ4v) is 0.772. The molecule has 0 aromatic carbocycles. The third-order valence-corrected chi connectivity index (χ3v) is 1.28. The number of ether oxygens (including phenoxy) is 1. The number of halogens is 1. The van der Waals surface area contributed by atoms with Gasteiger partial charge < -0.3 is 9.84 Å². The van der Waals surface area contributed by atoms with Crippen molar-refractivity contribution in [2.45, 2.75) is 0 Å². The smallest absolute Gasteiger partial charge is 0.411 e. The van der Waals surface area contributed by atoms with Crippen LogP contribution in [0.25, 0.3) is 0 Å². The van der Waals surface area contributed by atoms with Gasteiger partial charge in [-0.2, -0.15) is 0 Å². The van der Waals surface area contributed by atoms with Gasteiger partial charge in [0, 0.05) is 6.07 Å². The Kier molecular flexibility index (Phi) is 3.81. The molecule has 0 spiro atoms. The van der Waals surface area contributed by atoms with Crippen molar-refractivity contribution in [2.75, 3.05) is 18.5 Å².